The maximum absolute atomic E-state index is 12.8. The second-order valence-corrected chi connectivity index (χ2v) is 7.04. The molecule has 2 N–H and O–H groups in total. The Labute approximate surface area is 159 Å². The zero-order valence-electron chi connectivity index (χ0n) is 16.1. The van der Waals surface area contributed by atoms with Gasteiger partial charge in [0.2, 0.25) is 5.91 Å². The first kappa shape index (κ1) is 19.4. The average molecular weight is 372 g/mol. The van der Waals surface area contributed by atoms with Crippen molar-refractivity contribution in [2.24, 2.45) is 0 Å². The average Bonchev–Trinajstić information content (AvgIpc) is 3.08. The highest BCUT2D eigenvalue weighted by molar-refractivity contribution is 5.98. The molecule has 0 aliphatic carbocycles. The van der Waals surface area contributed by atoms with Gasteiger partial charge in [-0.25, -0.2) is 0 Å². The summed E-state index contributed by atoms with van der Waals surface area (Å²) in [4.78, 5) is 31.9. The largest absolute Gasteiger partial charge is 0.385 e. The van der Waals surface area contributed by atoms with Crippen LogP contribution in [0.3, 0.4) is 0 Å². The van der Waals surface area contributed by atoms with Crippen molar-refractivity contribution in [3.63, 3.8) is 0 Å². The third-order valence-electron chi connectivity index (χ3n) is 4.88. The molecule has 0 atom stereocenters. The summed E-state index contributed by atoms with van der Waals surface area (Å²) in [5.74, 6) is 0.0457. The van der Waals surface area contributed by atoms with Crippen LogP contribution in [-0.2, 0) is 9.53 Å². The van der Waals surface area contributed by atoms with Gasteiger partial charge < -0.3 is 19.9 Å². The number of hydrogen-bond donors (Lipinski definition) is 2. The Bertz CT molecular complexity index is 794. The van der Waals surface area contributed by atoms with E-state index in [0.717, 1.165) is 22.9 Å². The summed E-state index contributed by atoms with van der Waals surface area (Å²) in [7, 11) is 1.65. The molecule has 27 heavy (non-hydrogen) atoms. The third-order valence-corrected chi connectivity index (χ3v) is 4.88. The predicted octanol–water partition coefficient (Wildman–Crippen LogP) is 1.39. The number of rotatable bonds is 7. The molecule has 1 aromatic heterocycles. The van der Waals surface area contributed by atoms with Crippen LogP contribution in [-0.4, -0.2) is 79.6 Å². The van der Waals surface area contributed by atoms with E-state index < -0.39 is 0 Å². The van der Waals surface area contributed by atoms with Crippen molar-refractivity contribution in [3.05, 3.63) is 35.5 Å². The molecule has 1 fully saturated rings. The van der Waals surface area contributed by atoms with Gasteiger partial charge in [0.15, 0.2) is 0 Å². The van der Waals surface area contributed by atoms with E-state index in [1.165, 1.54) is 0 Å². The molecule has 146 valence electrons. The fraction of sp³-hybridized carbons (Fsp3) is 0.500. The number of aryl methyl sites for hydroxylation is 1. The molecule has 0 saturated carbocycles. The Morgan fingerprint density at radius 3 is 2.70 bits per heavy atom. The summed E-state index contributed by atoms with van der Waals surface area (Å²) >= 11 is 0. The van der Waals surface area contributed by atoms with Gasteiger partial charge in [0.05, 0.1) is 6.54 Å². The van der Waals surface area contributed by atoms with E-state index >= 15 is 0 Å². The summed E-state index contributed by atoms with van der Waals surface area (Å²) in [6, 6.07) is 8.04. The van der Waals surface area contributed by atoms with E-state index in [2.05, 4.69) is 21.3 Å². The standard InChI is InChI=1S/C20H28N4O3/c1-15-4-5-16-13-18(22-17(16)12-15)20(26)24-9-7-23(8-10-24)14-19(25)21-6-3-11-27-2/h4-5,12-13,22H,3,6-11,14H2,1-2H3,(H,21,25). The summed E-state index contributed by atoms with van der Waals surface area (Å²) in [5.41, 5.74) is 2.78. The van der Waals surface area contributed by atoms with Crippen molar-refractivity contribution in [1.82, 2.24) is 20.1 Å². The lowest BCUT2D eigenvalue weighted by Crippen LogP contribution is -2.51. The number of amides is 2. The highest BCUT2D eigenvalue weighted by Crippen LogP contribution is 2.18. The summed E-state index contributed by atoms with van der Waals surface area (Å²) in [5, 5.41) is 3.95. The van der Waals surface area contributed by atoms with Crippen molar-refractivity contribution in [3.8, 4) is 0 Å². The molecule has 1 aliphatic heterocycles. The van der Waals surface area contributed by atoms with Gasteiger partial charge in [0, 0.05) is 57.3 Å². The normalized spacial score (nSPS) is 15.3. The van der Waals surface area contributed by atoms with Crippen LogP contribution in [0.15, 0.2) is 24.3 Å². The van der Waals surface area contributed by atoms with Crippen molar-refractivity contribution in [2.75, 3.05) is 53.0 Å². The molecule has 2 heterocycles. The summed E-state index contributed by atoms with van der Waals surface area (Å²) in [6.07, 6.45) is 0.814. The number of methoxy groups -OCH3 is 1. The lowest BCUT2D eigenvalue weighted by molar-refractivity contribution is -0.122. The predicted molar refractivity (Wildman–Crippen MR) is 105 cm³/mol. The lowest BCUT2D eigenvalue weighted by Gasteiger charge is -2.34. The first-order valence-corrected chi connectivity index (χ1v) is 9.43. The number of fused-ring (bicyclic) bond motifs is 1. The zero-order chi connectivity index (χ0) is 19.2. The lowest BCUT2D eigenvalue weighted by atomic mass is 10.2. The van der Waals surface area contributed by atoms with Crippen molar-refractivity contribution in [1.29, 1.82) is 0 Å². The smallest absolute Gasteiger partial charge is 0.270 e. The Hall–Kier alpha value is -2.38. The number of piperazine rings is 1. The van der Waals surface area contributed by atoms with Gasteiger partial charge in [0.1, 0.15) is 5.69 Å². The highest BCUT2D eigenvalue weighted by Gasteiger charge is 2.24. The van der Waals surface area contributed by atoms with Gasteiger partial charge in [-0.3, -0.25) is 14.5 Å². The minimum Gasteiger partial charge on any atom is -0.385 e. The van der Waals surface area contributed by atoms with Crippen LogP contribution >= 0.6 is 0 Å². The molecule has 1 saturated heterocycles. The Balaban J connectivity index is 1.48. The number of aromatic nitrogens is 1. The fourth-order valence-electron chi connectivity index (χ4n) is 3.34. The molecule has 2 aromatic rings. The van der Waals surface area contributed by atoms with E-state index in [9.17, 15) is 9.59 Å². The Kier molecular flexibility index (Phi) is 6.47. The number of nitrogens with zero attached hydrogens (tertiary/aromatic N) is 2. The quantitative estimate of drug-likeness (QED) is 0.720. The minimum atomic E-state index is 0.0209. The van der Waals surface area contributed by atoms with Crippen molar-refractivity contribution < 1.29 is 14.3 Å². The van der Waals surface area contributed by atoms with Gasteiger partial charge in [-0.15, -0.1) is 0 Å². The highest BCUT2D eigenvalue weighted by atomic mass is 16.5. The first-order valence-electron chi connectivity index (χ1n) is 9.43. The van der Waals surface area contributed by atoms with Crippen LogP contribution in [0, 0.1) is 6.92 Å². The number of ether oxygens (including phenoxy) is 1. The molecule has 7 nitrogen and oxygen atoms in total. The van der Waals surface area contributed by atoms with Gasteiger partial charge in [-0.2, -0.15) is 0 Å². The van der Waals surface area contributed by atoms with Gasteiger partial charge >= 0.3 is 0 Å². The number of carbonyl (C=O) groups is 2. The molecule has 0 unspecified atom stereocenters. The van der Waals surface area contributed by atoms with Crippen molar-refractivity contribution >= 4 is 22.7 Å². The molecule has 0 spiro atoms. The molecule has 3 rings (SSSR count). The molecule has 7 heteroatoms. The van der Waals surface area contributed by atoms with E-state index in [1.54, 1.807) is 7.11 Å². The van der Waals surface area contributed by atoms with Crippen LogP contribution in [0.1, 0.15) is 22.5 Å². The zero-order valence-corrected chi connectivity index (χ0v) is 16.1. The molecule has 1 aromatic carbocycles. The van der Waals surface area contributed by atoms with Gasteiger partial charge in [-0.1, -0.05) is 12.1 Å². The van der Waals surface area contributed by atoms with Crippen molar-refractivity contribution in [2.45, 2.75) is 13.3 Å². The monoisotopic (exact) mass is 372 g/mol. The number of aromatic amines is 1. The van der Waals surface area contributed by atoms with Crippen LogP contribution < -0.4 is 5.32 Å². The number of carbonyl (C=O) groups excluding carboxylic acids is 2. The second-order valence-electron chi connectivity index (χ2n) is 7.04. The van der Waals surface area contributed by atoms with Crippen LogP contribution in [0.25, 0.3) is 10.9 Å². The number of benzene rings is 1. The Morgan fingerprint density at radius 2 is 1.96 bits per heavy atom. The van der Waals surface area contributed by atoms with Gasteiger partial charge in [0.25, 0.3) is 5.91 Å². The minimum absolute atomic E-state index is 0.0209. The van der Waals surface area contributed by atoms with E-state index in [0.29, 0.717) is 51.6 Å². The molecule has 2 amide bonds. The van der Waals surface area contributed by atoms with Gasteiger partial charge in [-0.05, 0) is 31.0 Å². The number of nitrogens with one attached hydrogen (secondary N) is 2. The van der Waals surface area contributed by atoms with Crippen LogP contribution in [0.5, 0.6) is 0 Å². The molecule has 1 aliphatic rings. The summed E-state index contributed by atoms with van der Waals surface area (Å²) < 4.78 is 4.97. The summed E-state index contributed by atoms with van der Waals surface area (Å²) in [6.45, 7) is 6.36. The van der Waals surface area contributed by atoms with Crippen LogP contribution in [0.2, 0.25) is 0 Å². The molecule has 0 radical (unpaired) electrons. The topological polar surface area (TPSA) is 77.7 Å². The molecule has 0 bridgehead atoms. The molecular weight excluding hydrogens is 344 g/mol. The number of H-pyrrole nitrogens is 1. The van der Waals surface area contributed by atoms with E-state index in [-0.39, 0.29) is 11.8 Å². The molecular formula is C20H28N4O3. The van der Waals surface area contributed by atoms with E-state index in [4.69, 9.17) is 4.74 Å². The number of hydrogen-bond acceptors (Lipinski definition) is 4. The Morgan fingerprint density at radius 1 is 1.19 bits per heavy atom. The maximum Gasteiger partial charge on any atom is 0.270 e. The fourth-order valence-corrected chi connectivity index (χ4v) is 3.34. The maximum atomic E-state index is 12.8. The van der Waals surface area contributed by atoms with Crippen LogP contribution in [0.4, 0.5) is 0 Å². The third kappa shape index (κ3) is 5.08. The SMILES string of the molecule is COCCCNC(=O)CN1CCN(C(=O)c2cc3ccc(C)cc3[nH]2)CC1. The first-order chi connectivity index (χ1) is 13.1. The second kappa shape index (κ2) is 9.01. The van der Waals surface area contributed by atoms with E-state index in [1.807, 2.05) is 30.0 Å².